The fraction of sp³-hybridized carbons (Fsp3) is 1.00. The SMILES string of the molecule is CCCCCCCCC(CCCN(C)C)C(C)(OC)OC. The molecule has 3 heteroatoms. The van der Waals surface area contributed by atoms with Crippen molar-refractivity contribution in [3.05, 3.63) is 0 Å². The van der Waals surface area contributed by atoms with Crippen LogP contribution in [-0.2, 0) is 9.47 Å². The van der Waals surface area contributed by atoms with Gasteiger partial charge in [-0.05, 0) is 46.8 Å². The number of ether oxygens (including phenoxy) is 2. The summed E-state index contributed by atoms with van der Waals surface area (Å²) in [6.07, 6.45) is 11.7. The van der Waals surface area contributed by atoms with Crippen molar-refractivity contribution in [3.8, 4) is 0 Å². The third kappa shape index (κ3) is 9.49. The largest absolute Gasteiger partial charge is 0.353 e. The van der Waals surface area contributed by atoms with Gasteiger partial charge < -0.3 is 14.4 Å². The number of unbranched alkanes of at least 4 members (excludes halogenated alkanes) is 5. The summed E-state index contributed by atoms with van der Waals surface area (Å²) < 4.78 is 11.3. The van der Waals surface area contributed by atoms with Crippen molar-refractivity contribution in [2.45, 2.75) is 77.4 Å². The number of methoxy groups -OCH3 is 2. The first-order chi connectivity index (χ1) is 10.00. The van der Waals surface area contributed by atoms with Crippen molar-refractivity contribution in [1.82, 2.24) is 4.90 Å². The Bertz CT molecular complexity index is 227. The van der Waals surface area contributed by atoms with Gasteiger partial charge >= 0.3 is 0 Å². The fourth-order valence-electron chi connectivity index (χ4n) is 2.91. The first-order valence-corrected chi connectivity index (χ1v) is 8.75. The van der Waals surface area contributed by atoms with Crippen LogP contribution in [0.15, 0.2) is 0 Å². The number of rotatable bonds is 14. The minimum atomic E-state index is -0.435. The predicted octanol–water partition coefficient (Wildman–Crippen LogP) is 4.70. The van der Waals surface area contributed by atoms with Gasteiger partial charge in [-0.25, -0.2) is 0 Å². The lowest BCUT2D eigenvalue weighted by Gasteiger charge is -2.35. The molecule has 0 aliphatic rings. The third-order valence-electron chi connectivity index (χ3n) is 4.62. The summed E-state index contributed by atoms with van der Waals surface area (Å²) in [4.78, 5) is 2.25. The average Bonchev–Trinajstić information content (AvgIpc) is 2.47. The van der Waals surface area contributed by atoms with Crippen molar-refractivity contribution in [3.63, 3.8) is 0 Å². The molecule has 0 heterocycles. The van der Waals surface area contributed by atoms with Crippen molar-refractivity contribution in [2.75, 3.05) is 34.9 Å². The molecule has 0 radical (unpaired) electrons. The molecule has 0 fully saturated rings. The maximum atomic E-state index is 5.67. The molecule has 0 aliphatic heterocycles. The minimum Gasteiger partial charge on any atom is -0.353 e. The second kappa shape index (κ2) is 12.4. The Morgan fingerprint density at radius 1 is 0.857 bits per heavy atom. The maximum Gasteiger partial charge on any atom is 0.167 e. The summed E-state index contributed by atoms with van der Waals surface area (Å²) in [6.45, 7) is 5.49. The zero-order valence-electron chi connectivity index (χ0n) is 15.4. The second-order valence-corrected chi connectivity index (χ2v) is 6.62. The van der Waals surface area contributed by atoms with E-state index in [1.54, 1.807) is 14.2 Å². The highest BCUT2D eigenvalue weighted by Crippen LogP contribution is 2.31. The molecule has 0 rings (SSSR count). The van der Waals surface area contributed by atoms with Gasteiger partial charge in [0.2, 0.25) is 0 Å². The van der Waals surface area contributed by atoms with Crippen LogP contribution in [-0.4, -0.2) is 45.5 Å². The van der Waals surface area contributed by atoms with Crippen LogP contribution in [0.5, 0.6) is 0 Å². The Morgan fingerprint density at radius 2 is 1.38 bits per heavy atom. The van der Waals surface area contributed by atoms with Crippen LogP contribution >= 0.6 is 0 Å². The Kier molecular flexibility index (Phi) is 12.4. The Morgan fingerprint density at radius 3 is 1.90 bits per heavy atom. The summed E-state index contributed by atoms with van der Waals surface area (Å²) in [6, 6.07) is 0. The van der Waals surface area contributed by atoms with Crippen LogP contribution < -0.4 is 0 Å². The van der Waals surface area contributed by atoms with E-state index >= 15 is 0 Å². The molecular weight excluding hydrogens is 262 g/mol. The van der Waals surface area contributed by atoms with Crippen molar-refractivity contribution in [1.29, 1.82) is 0 Å². The molecule has 128 valence electrons. The van der Waals surface area contributed by atoms with E-state index in [1.807, 2.05) is 0 Å². The molecule has 0 saturated carbocycles. The number of nitrogens with zero attached hydrogens (tertiary/aromatic N) is 1. The first-order valence-electron chi connectivity index (χ1n) is 8.75. The zero-order chi connectivity index (χ0) is 16.1. The Balaban J connectivity index is 4.18. The Hall–Kier alpha value is -0.120. The average molecular weight is 302 g/mol. The highest BCUT2D eigenvalue weighted by atomic mass is 16.7. The molecule has 0 aliphatic carbocycles. The van der Waals surface area contributed by atoms with Crippen LogP contribution in [0.25, 0.3) is 0 Å². The monoisotopic (exact) mass is 301 g/mol. The van der Waals surface area contributed by atoms with Gasteiger partial charge in [0.25, 0.3) is 0 Å². The van der Waals surface area contributed by atoms with Gasteiger partial charge in [0.15, 0.2) is 5.79 Å². The van der Waals surface area contributed by atoms with E-state index in [1.165, 1.54) is 57.8 Å². The van der Waals surface area contributed by atoms with E-state index in [0.717, 1.165) is 6.54 Å². The van der Waals surface area contributed by atoms with Gasteiger partial charge in [-0.15, -0.1) is 0 Å². The smallest absolute Gasteiger partial charge is 0.167 e. The molecule has 3 nitrogen and oxygen atoms in total. The topological polar surface area (TPSA) is 21.7 Å². The lowest BCUT2D eigenvalue weighted by Crippen LogP contribution is -2.39. The quantitative estimate of drug-likeness (QED) is 0.343. The molecule has 0 saturated heterocycles. The van der Waals surface area contributed by atoms with Crippen LogP contribution in [0.2, 0.25) is 0 Å². The van der Waals surface area contributed by atoms with E-state index in [0.29, 0.717) is 5.92 Å². The molecule has 0 spiro atoms. The van der Waals surface area contributed by atoms with Crippen LogP contribution in [0.4, 0.5) is 0 Å². The normalized spacial score (nSPS) is 13.9. The van der Waals surface area contributed by atoms with Gasteiger partial charge in [-0.2, -0.15) is 0 Å². The molecule has 0 aromatic carbocycles. The summed E-state index contributed by atoms with van der Waals surface area (Å²) in [5, 5.41) is 0. The predicted molar refractivity (Wildman–Crippen MR) is 91.7 cm³/mol. The first kappa shape index (κ1) is 20.9. The van der Waals surface area contributed by atoms with Crippen LogP contribution in [0, 0.1) is 5.92 Å². The van der Waals surface area contributed by atoms with E-state index in [-0.39, 0.29) is 0 Å². The standard InChI is InChI=1S/C18H39NO2/c1-7-8-9-10-11-12-14-17(15-13-16-19(3)4)18(2,20-5)21-6/h17H,7-16H2,1-6H3. The molecule has 0 aromatic rings. The highest BCUT2D eigenvalue weighted by molar-refractivity contribution is 4.75. The summed E-state index contributed by atoms with van der Waals surface area (Å²) in [5.41, 5.74) is 0. The van der Waals surface area contributed by atoms with Crippen molar-refractivity contribution >= 4 is 0 Å². The summed E-state index contributed by atoms with van der Waals surface area (Å²) >= 11 is 0. The molecular formula is C18H39NO2. The maximum absolute atomic E-state index is 5.67. The van der Waals surface area contributed by atoms with Gasteiger partial charge in [-0.1, -0.05) is 45.4 Å². The zero-order valence-corrected chi connectivity index (χ0v) is 15.4. The van der Waals surface area contributed by atoms with Gasteiger partial charge in [-0.3, -0.25) is 0 Å². The van der Waals surface area contributed by atoms with Crippen LogP contribution in [0.3, 0.4) is 0 Å². The molecule has 0 bridgehead atoms. The third-order valence-corrected chi connectivity index (χ3v) is 4.62. The highest BCUT2D eigenvalue weighted by Gasteiger charge is 2.33. The van der Waals surface area contributed by atoms with Gasteiger partial charge in [0.1, 0.15) is 0 Å². The van der Waals surface area contributed by atoms with E-state index in [9.17, 15) is 0 Å². The van der Waals surface area contributed by atoms with Crippen LogP contribution in [0.1, 0.15) is 71.6 Å². The molecule has 1 unspecified atom stereocenters. The van der Waals surface area contributed by atoms with Gasteiger partial charge in [0, 0.05) is 20.1 Å². The summed E-state index contributed by atoms with van der Waals surface area (Å²) in [5.74, 6) is 0.0500. The van der Waals surface area contributed by atoms with Crippen molar-refractivity contribution in [2.24, 2.45) is 5.92 Å². The molecule has 0 amide bonds. The number of hydrogen-bond acceptors (Lipinski definition) is 3. The van der Waals surface area contributed by atoms with E-state index in [4.69, 9.17) is 9.47 Å². The molecule has 1 atom stereocenters. The minimum absolute atomic E-state index is 0.435. The number of hydrogen-bond donors (Lipinski definition) is 0. The van der Waals surface area contributed by atoms with E-state index < -0.39 is 5.79 Å². The van der Waals surface area contributed by atoms with Gasteiger partial charge in [0.05, 0.1) is 0 Å². The van der Waals surface area contributed by atoms with E-state index in [2.05, 4.69) is 32.8 Å². The van der Waals surface area contributed by atoms with Crippen molar-refractivity contribution < 1.29 is 9.47 Å². The fourth-order valence-corrected chi connectivity index (χ4v) is 2.91. The molecule has 0 aromatic heterocycles. The molecule has 21 heavy (non-hydrogen) atoms. The lowest BCUT2D eigenvalue weighted by molar-refractivity contribution is -0.230. The molecule has 0 N–H and O–H groups in total. The lowest BCUT2D eigenvalue weighted by atomic mass is 9.88. The second-order valence-electron chi connectivity index (χ2n) is 6.62. The Labute approximate surface area is 133 Å². The summed E-state index contributed by atoms with van der Waals surface area (Å²) in [7, 11) is 7.80.